The predicted molar refractivity (Wildman–Crippen MR) is 112 cm³/mol. The molecule has 2 aliphatic heterocycles. The van der Waals surface area contributed by atoms with Crippen molar-refractivity contribution in [3.8, 4) is 0 Å². The molecule has 2 amide bonds. The molecule has 5 heteroatoms. The van der Waals surface area contributed by atoms with Gasteiger partial charge in [-0.25, -0.2) is 0 Å². The van der Waals surface area contributed by atoms with Crippen molar-refractivity contribution in [2.45, 2.75) is 49.9 Å². The molecule has 0 unspecified atom stereocenters. The molecule has 28 heavy (non-hydrogen) atoms. The van der Waals surface area contributed by atoms with E-state index >= 15 is 0 Å². The Hall–Kier alpha value is -2.27. The number of benzene rings is 2. The van der Waals surface area contributed by atoms with Crippen molar-refractivity contribution in [1.82, 2.24) is 4.90 Å². The molecule has 0 saturated carbocycles. The lowest BCUT2D eigenvalue weighted by molar-refractivity contribution is -0.136. The lowest BCUT2D eigenvalue weighted by atomic mass is 10.0. The van der Waals surface area contributed by atoms with E-state index in [0.717, 1.165) is 30.5 Å². The van der Waals surface area contributed by atoms with E-state index in [1.54, 1.807) is 11.8 Å². The largest absolute Gasteiger partial charge is 0.324 e. The highest BCUT2D eigenvalue weighted by Crippen LogP contribution is 2.54. The summed E-state index contributed by atoms with van der Waals surface area (Å²) in [5.74, 6) is 0.644. The predicted octanol–water partition coefficient (Wildman–Crippen LogP) is 4.01. The number of hydrogen-bond acceptors (Lipinski definition) is 3. The van der Waals surface area contributed by atoms with Crippen molar-refractivity contribution in [2.24, 2.45) is 0 Å². The maximum absolute atomic E-state index is 13.1. The van der Waals surface area contributed by atoms with Crippen LogP contribution in [0.1, 0.15) is 41.5 Å². The van der Waals surface area contributed by atoms with E-state index in [2.05, 4.69) is 48.6 Å². The number of rotatable bonds is 3. The van der Waals surface area contributed by atoms with Crippen molar-refractivity contribution in [3.63, 3.8) is 0 Å². The smallest absolute Gasteiger partial charge is 0.248 e. The fourth-order valence-corrected chi connectivity index (χ4v) is 6.48. The van der Waals surface area contributed by atoms with Crippen molar-refractivity contribution in [1.29, 1.82) is 0 Å². The van der Waals surface area contributed by atoms with Gasteiger partial charge in [-0.3, -0.25) is 9.59 Å². The van der Waals surface area contributed by atoms with Crippen molar-refractivity contribution < 1.29 is 9.59 Å². The number of fused-ring (bicyclic) bond motifs is 2. The lowest BCUT2D eigenvalue weighted by Crippen LogP contribution is -2.48. The molecule has 0 aromatic heterocycles. The summed E-state index contributed by atoms with van der Waals surface area (Å²) >= 11 is 1.73. The number of hydrogen-bond donors (Lipinski definition) is 1. The second-order valence-corrected chi connectivity index (χ2v) is 9.36. The average Bonchev–Trinajstić information content (AvgIpc) is 3.38. The first kappa shape index (κ1) is 17.8. The highest BCUT2D eigenvalue weighted by atomic mass is 32.2. The van der Waals surface area contributed by atoms with Crippen LogP contribution >= 0.6 is 11.8 Å². The Morgan fingerprint density at radius 1 is 1.11 bits per heavy atom. The summed E-state index contributed by atoms with van der Waals surface area (Å²) in [6.07, 6.45) is 4.67. The first-order valence-electron chi connectivity index (χ1n) is 10.0. The van der Waals surface area contributed by atoms with Crippen LogP contribution in [0.15, 0.2) is 42.5 Å². The number of nitrogens with one attached hydrogen (secondary N) is 1. The molecule has 0 bridgehead atoms. The van der Waals surface area contributed by atoms with Crippen LogP contribution in [0, 0.1) is 6.92 Å². The zero-order chi connectivity index (χ0) is 19.3. The molecule has 144 valence electrons. The third kappa shape index (κ3) is 2.75. The third-order valence-electron chi connectivity index (χ3n) is 6.30. The van der Waals surface area contributed by atoms with Crippen LogP contribution in [-0.2, 0) is 27.3 Å². The lowest BCUT2D eigenvalue weighted by Gasteiger charge is -2.34. The van der Waals surface area contributed by atoms with Gasteiger partial charge in [-0.2, -0.15) is 0 Å². The van der Waals surface area contributed by atoms with Crippen LogP contribution in [0.4, 0.5) is 5.69 Å². The Balaban J connectivity index is 1.40. The minimum Gasteiger partial charge on any atom is -0.324 e. The van der Waals surface area contributed by atoms with Crippen LogP contribution in [0.25, 0.3) is 0 Å². The summed E-state index contributed by atoms with van der Waals surface area (Å²) < 4.78 is 0. The number of amides is 2. The average molecular weight is 393 g/mol. The molecule has 1 aliphatic carbocycles. The Morgan fingerprint density at radius 3 is 2.71 bits per heavy atom. The van der Waals surface area contributed by atoms with E-state index in [1.807, 2.05) is 11.0 Å². The van der Waals surface area contributed by atoms with Crippen LogP contribution in [-0.4, -0.2) is 28.5 Å². The van der Waals surface area contributed by atoms with Gasteiger partial charge in [0.2, 0.25) is 11.8 Å². The summed E-state index contributed by atoms with van der Waals surface area (Å²) in [6.45, 7) is 2.06. The van der Waals surface area contributed by atoms with E-state index in [-0.39, 0.29) is 11.8 Å². The van der Waals surface area contributed by atoms with Crippen LogP contribution in [0.5, 0.6) is 0 Å². The molecule has 0 radical (unpaired) electrons. The van der Waals surface area contributed by atoms with Crippen molar-refractivity contribution in [2.75, 3.05) is 11.1 Å². The zero-order valence-electron chi connectivity index (χ0n) is 16.0. The van der Waals surface area contributed by atoms with Gasteiger partial charge in [0.1, 0.15) is 10.9 Å². The summed E-state index contributed by atoms with van der Waals surface area (Å²) in [4.78, 5) is 27.3. The van der Waals surface area contributed by atoms with E-state index in [0.29, 0.717) is 12.2 Å². The second-order valence-electron chi connectivity index (χ2n) is 8.07. The summed E-state index contributed by atoms with van der Waals surface area (Å²) in [7, 11) is 0. The molecule has 2 heterocycles. The first-order valence-corrected chi connectivity index (χ1v) is 11.0. The Labute approximate surface area is 169 Å². The van der Waals surface area contributed by atoms with E-state index in [1.165, 1.54) is 23.1 Å². The number of carbonyl (C=O) groups excluding carboxylic acids is 2. The molecule has 2 fully saturated rings. The van der Waals surface area contributed by atoms with Gasteiger partial charge < -0.3 is 10.2 Å². The SMILES string of the molecule is Cc1ccc([C@]23CCC(=O)N2[C@H](C(=O)Nc2ccc4c(c2)CCC4)CS3)cc1. The van der Waals surface area contributed by atoms with Crippen molar-refractivity contribution in [3.05, 3.63) is 64.7 Å². The van der Waals surface area contributed by atoms with Gasteiger partial charge in [0, 0.05) is 17.9 Å². The maximum atomic E-state index is 13.1. The fraction of sp³-hybridized carbons (Fsp3) is 0.391. The minimum absolute atomic E-state index is 0.0744. The van der Waals surface area contributed by atoms with E-state index in [9.17, 15) is 9.59 Å². The van der Waals surface area contributed by atoms with Crippen LogP contribution in [0.2, 0.25) is 0 Å². The maximum Gasteiger partial charge on any atom is 0.248 e. The molecule has 4 nitrogen and oxygen atoms in total. The minimum atomic E-state index is -0.422. The molecule has 3 aliphatic rings. The molecule has 0 spiro atoms. The normalized spacial score (nSPS) is 25.7. The summed E-state index contributed by atoms with van der Waals surface area (Å²) in [5.41, 5.74) is 5.90. The van der Waals surface area contributed by atoms with Gasteiger partial charge >= 0.3 is 0 Å². The zero-order valence-corrected chi connectivity index (χ0v) is 16.8. The molecule has 2 saturated heterocycles. The Morgan fingerprint density at radius 2 is 1.89 bits per heavy atom. The van der Waals surface area contributed by atoms with Gasteiger partial charge in [0.15, 0.2) is 0 Å². The van der Waals surface area contributed by atoms with Crippen molar-refractivity contribution >= 4 is 29.3 Å². The number of carbonyl (C=O) groups is 2. The molecule has 1 N–H and O–H groups in total. The highest BCUT2D eigenvalue weighted by Gasteiger charge is 2.56. The number of thioether (sulfide) groups is 1. The topological polar surface area (TPSA) is 49.4 Å². The van der Waals surface area contributed by atoms with Crippen LogP contribution in [0.3, 0.4) is 0 Å². The quantitative estimate of drug-likeness (QED) is 0.859. The van der Waals surface area contributed by atoms with Gasteiger partial charge in [0.25, 0.3) is 0 Å². The van der Waals surface area contributed by atoms with Gasteiger partial charge in [-0.15, -0.1) is 11.8 Å². The fourth-order valence-electron chi connectivity index (χ4n) is 4.83. The van der Waals surface area contributed by atoms with E-state index < -0.39 is 10.9 Å². The molecular weight excluding hydrogens is 368 g/mol. The van der Waals surface area contributed by atoms with Gasteiger partial charge in [0.05, 0.1) is 0 Å². The molecule has 2 aromatic carbocycles. The molecule has 5 rings (SSSR count). The third-order valence-corrected chi connectivity index (χ3v) is 7.90. The summed E-state index contributed by atoms with van der Waals surface area (Å²) in [5, 5.41) is 3.08. The number of nitrogens with zero attached hydrogens (tertiary/aromatic N) is 1. The molecule has 2 aromatic rings. The standard InChI is InChI=1S/C23H24N2O2S/c1-15-5-8-18(9-6-15)23-12-11-21(26)25(23)20(14-28-23)22(27)24-19-10-7-16-3-2-4-17(16)13-19/h5-10,13,20H,2-4,11-12,14H2,1H3,(H,24,27)/t20-,23+/m0/s1. The first-order chi connectivity index (χ1) is 13.6. The highest BCUT2D eigenvalue weighted by molar-refractivity contribution is 8.00. The molecular formula is C23H24N2O2S. The number of aryl methyl sites for hydroxylation is 3. The number of anilines is 1. The second kappa shape index (κ2) is 6.66. The van der Waals surface area contributed by atoms with Gasteiger partial charge in [-0.1, -0.05) is 35.9 Å². The summed E-state index contributed by atoms with van der Waals surface area (Å²) in [6, 6.07) is 14.2. The monoisotopic (exact) mass is 392 g/mol. The van der Waals surface area contributed by atoms with Crippen LogP contribution < -0.4 is 5.32 Å². The Kier molecular flexibility index (Phi) is 4.23. The Bertz CT molecular complexity index is 956. The van der Waals surface area contributed by atoms with Gasteiger partial charge in [-0.05, 0) is 61.4 Å². The van der Waals surface area contributed by atoms with E-state index in [4.69, 9.17) is 0 Å². The molecule has 2 atom stereocenters.